The van der Waals surface area contributed by atoms with E-state index in [1.807, 2.05) is 6.92 Å². The van der Waals surface area contributed by atoms with Crippen LogP contribution >= 0.6 is 0 Å². The lowest BCUT2D eigenvalue weighted by Crippen LogP contribution is -2.37. The molecular weight excluding hydrogens is 478 g/mol. The van der Waals surface area contributed by atoms with E-state index in [-0.39, 0.29) is 36.4 Å². The number of hydrogen-bond acceptors (Lipinski definition) is 9. The van der Waals surface area contributed by atoms with Crippen molar-refractivity contribution in [1.82, 2.24) is 0 Å². The van der Waals surface area contributed by atoms with Gasteiger partial charge in [0.25, 0.3) is 0 Å². The normalized spacial score (nSPS) is 14.2. The maximum Gasteiger partial charge on any atom is 0.323 e. The second-order valence-electron chi connectivity index (χ2n) is 11.4. The van der Waals surface area contributed by atoms with Gasteiger partial charge in [-0.1, -0.05) is 26.3 Å². The molecule has 208 valence electrons. The van der Waals surface area contributed by atoms with Gasteiger partial charge in [-0.05, 0) is 79.0 Å². The van der Waals surface area contributed by atoms with Gasteiger partial charge in [0.15, 0.2) is 11.5 Å². The zero-order chi connectivity index (χ0) is 28.6. The molecule has 0 aromatic heterocycles. The Morgan fingerprint density at radius 3 is 1.92 bits per heavy atom. The van der Waals surface area contributed by atoms with Crippen LogP contribution in [0.25, 0.3) is 0 Å². The highest BCUT2D eigenvalue weighted by Gasteiger charge is 2.29. The van der Waals surface area contributed by atoms with E-state index < -0.39 is 40.9 Å². The largest absolute Gasteiger partial charge is 0.462 e. The third kappa shape index (κ3) is 10.9. The van der Waals surface area contributed by atoms with Gasteiger partial charge >= 0.3 is 23.9 Å². The van der Waals surface area contributed by atoms with Crippen LogP contribution in [0.4, 0.5) is 0 Å². The molecule has 0 saturated heterocycles. The zero-order valence-corrected chi connectivity index (χ0v) is 23.6. The monoisotopic (exact) mass is 521 g/mol. The van der Waals surface area contributed by atoms with Crippen molar-refractivity contribution >= 4 is 23.9 Å². The van der Waals surface area contributed by atoms with Crippen molar-refractivity contribution in [2.75, 3.05) is 6.61 Å². The molecule has 1 unspecified atom stereocenters. The lowest BCUT2D eigenvalue weighted by molar-refractivity contribution is -0.161. The molecule has 0 heterocycles. The highest BCUT2D eigenvalue weighted by atomic mass is 16.6. The first-order valence-electron chi connectivity index (χ1n) is 12.7. The van der Waals surface area contributed by atoms with Crippen molar-refractivity contribution in [3.63, 3.8) is 0 Å². The molecule has 1 rings (SSSR count). The van der Waals surface area contributed by atoms with E-state index in [0.717, 1.165) is 12.8 Å². The Bertz CT molecular complexity index is 958. The molecule has 0 spiro atoms. The van der Waals surface area contributed by atoms with Gasteiger partial charge in [0.2, 0.25) is 0 Å². The average molecular weight is 522 g/mol. The first-order valence-corrected chi connectivity index (χ1v) is 12.7. The molecule has 0 amide bonds. The quantitative estimate of drug-likeness (QED) is 0.333. The van der Waals surface area contributed by atoms with Gasteiger partial charge in [-0.3, -0.25) is 19.2 Å². The van der Waals surface area contributed by atoms with E-state index in [2.05, 4.69) is 0 Å². The van der Waals surface area contributed by atoms with Crippen LogP contribution in [0.15, 0.2) is 18.2 Å². The van der Waals surface area contributed by atoms with Crippen molar-refractivity contribution < 1.29 is 38.1 Å². The molecule has 1 aromatic rings. The van der Waals surface area contributed by atoms with Gasteiger partial charge in [-0.15, -0.1) is 0 Å². The predicted molar refractivity (Wildman–Crippen MR) is 139 cm³/mol. The fourth-order valence-electron chi connectivity index (χ4n) is 2.90. The summed E-state index contributed by atoms with van der Waals surface area (Å²) >= 11 is 0. The van der Waals surface area contributed by atoms with Crippen molar-refractivity contribution in [1.29, 1.82) is 0 Å². The Kier molecular flexibility index (Phi) is 11.8. The minimum absolute atomic E-state index is 0.0528. The summed E-state index contributed by atoms with van der Waals surface area (Å²) in [6.07, 6.45) is 0.997. The van der Waals surface area contributed by atoms with Gasteiger partial charge in [0.1, 0.15) is 18.8 Å². The first kappa shape index (κ1) is 32.1. The zero-order valence-electron chi connectivity index (χ0n) is 23.6. The SMILES string of the molecule is CCCC(C)C(=O)OC[C@H](C)OC(=O)[C@@H](N)Cc1ccc(OC(=O)C(C)(C)C)c(OC(=O)C(C)(C)C)c1. The molecule has 0 bridgehead atoms. The Morgan fingerprint density at radius 2 is 1.41 bits per heavy atom. The smallest absolute Gasteiger partial charge is 0.323 e. The number of hydrogen-bond donors (Lipinski definition) is 1. The van der Waals surface area contributed by atoms with Gasteiger partial charge < -0.3 is 24.7 Å². The number of carbonyl (C=O) groups is 4. The molecule has 0 aliphatic carbocycles. The summed E-state index contributed by atoms with van der Waals surface area (Å²) in [7, 11) is 0. The standard InChI is InChI=1S/C28H43NO8/c1-10-11-17(2)23(30)34-16-18(3)35-24(31)20(29)14-19-12-13-21(36-25(32)27(4,5)6)22(15-19)37-26(33)28(7,8)9/h12-13,15,17-18,20H,10-11,14,16,29H2,1-9H3/t17?,18-,20-/m0/s1. The summed E-state index contributed by atoms with van der Waals surface area (Å²) in [6.45, 7) is 15.6. The Hall–Kier alpha value is -2.94. The summed E-state index contributed by atoms with van der Waals surface area (Å²) in [5, 5.41) is 0. The first-order chi connectivity index (χ1) is 16.9. The van der Waals surface area contributed by atoms with Gasteiger partial charge in [-0.2, -0.15) is 0 Å². The van der Waals surface area contributed by atoms with Crippen molar-refractivity contribution in [3.8, 4) is 11.5 Å². The molecule has 0 saturated carbocycles. The second-order valence-corrected chi connectivity index (χ2v) is 11.4. The Morgan fingerprint density at radius 1 is 0.865 bits per heavy atom. The molecule has 9 heteroatoms. The molecule has 0 fully saturated rings. The van der Waals surface area contributed by atoms with Crippen LogP contribution in [-0.4, -0.2) is 42.6 Å². The maximum atomic E-state index is 12.5. The summed E-state index contributed by atoms with van der Waals surface area (Å²) < 4.78 is 21.6. The lowest BCUT2D eigenvalue weighted by atomic mass is 9.97. The fourth-order valence-corrected chi connectivity index (χ4v) is 2.90. The fraction of sp³-hybridized carbons (Fsp3) is 0.643. The summed E-state index contributed by atoms with van der Waals surface area (Å²) in [6, 6.07) is 3.63. The van der Waals surface area contributed by atoms with E-state index in [1.165, 1.54) is 12.1 Å². The molecule has 0 aliphatic heterocycles. The van der Waals surface area contributed by atoms with Gasteiger partial charge in [0.05, 0.1) is 16.7 Å². The molecule has 1 aromatic carbocycles. The van der Waals surface area contributed by atoms with E-state index in [9.17, 15) is 19.2 Å². The number of rotatable bonds is 11. The van der Waals surface area contributed by atoms with Crippen molar-refractivity contribution in [3.05, 3.63) is 23.8 Å². The van der Waals surface area contributed by atoms with Crippen LogP contribution in [0.5, 0.6) is 11.5 Å². The minimum atomic E-state index is -1.02. The molecule has 9 nitrogen and oxygen atoms in total. The Labute approximate surface area is 220 Å². The van der Waals surface area contributed by atoms with Crippen LogP contribution in [-0.2, 0) is 35.1 Å². The molecule has 0 radical (unpaired) electrons. The van der Waals surface area contributed by atoms with Crippen molar-refractivity contribution in [2.24, 2.45) is 22.5 Å². The molecule has 0 aliphatic rings. The Balaban J connectivity index is 2.92. The summed E-state index contributed by atoms with van der Waals surface area (Å²) in [5.74, 6) is -2.09. The summed E-state index contributed by atoms with van der Waals surface area (Å²) in [5.41, 5.74) is 5.07. The third-order valence-corrected chi connectivity index (χ3v) is 5.30. The molecular formula is C28H43NO8. The number of nitrogens with two attached hydrogens (primary N) is 1. The van der Waals surface area contributed by atoms with Crippen LogP contribution < -0.4 is 15.2 Å². The van der Waals surface area contributed by atoms with Crippen LogP contribution in [0.3, 0.4) is 0 Å². The average Bonchev–Trinajstić information content (AvgIpc) is 2.77. The molecule has 37 heavy (non-hydrogen) atoms. The van der Waals surface area contributed by atoms with Crippen LogP contribution in [0, 0.1) is 16.7 Å². The van der Waals surface area contributed by atoms with Crippen LogP contribution in [0.1, 0.15) is 80.7 Å². The van der Waals surface area contributed by atoms with Crippen molar-refractivity contribution in [2.45, 2.75) is 93.7 Å². The second kappa shape index (κ2) is 13.6. The van der Waals surface area contributed by atoms with E-state index in [1.54, 1.807) is 61.5 Å². The lowest BCUT2D eigenvalue weighted by Gasteiger charge is -2.21. The topological polar surface area (TPSA) is 131 Å². The highest BCUT2D eigenvalue weighted by molar-refractivity contribution is 5.81. The van der Waals surface area contributed by atoms with E-state index in [4.69, 9.17) is 24.7 Å². The summed E-state index contributed by atoms with van der Waals surface area (Å²) in [4.78, 5) is 49.4. The van der Waals surface area contributed by atoms with Crippen LogP contribution in [0.2, 0.25) is 0 Å². The molecule has 3 atom stereocenters. The number of benzene rings is 1. The number of carbonyl (C=O) groups excluding carboxylic acids is 4. The minimum Gasteiger partial charge on any atom is -0.462 e. The van der Waals surface area contributed by atoms with E-state index >= 15 is 0 Å². The molecule has 2 N–H and O–H groups in total. The van der Waals surface area contributed by atoms with E-state index in [0.29, 0.717) is 5.56 Å². The highest BCUT2D eigenvalue weighted by Crippen LogP contribution is 2.33. The predicted octanol–water partition coefficient (Wildman–Crippen LogP) is 4.37. The van der Waals surface area contributed by atoms with Gasteiger partial charge in [0, 0.05) is 0 Å². The third-order valence-electron chi connectivity index (χ3n) is 5.30. The number of ether oxygens (including phenoxy) is 4. The number of esters is 4. The van der Waals surface area contributed by atoms with Gasteiger partial charge in [-0.25, -0.2) is 0 Å². The maximum absolute atomic E-state index is 12.5.